The molecule has 3 unspecified atom stereocenters. The first-order chi connectivity index (χ1) is 22.6. The van der Waals surface area contributed by atoms with Gasteiger partial charge in [-0.3, -0.25) is 19.2 Å². The van der Waals surface area contributed by atoms with Crippen molar-refractivity contribution >= 4 is 23.6 Å². The van der Waals surface area contributed by atoms with Crippen LogP contribution in [0.4, 0.5) is 13.2 Å². The van der Waals surface area contributed by atoms with Crippen LogP contribution >= 0.6 is 0 Å². The highest BCUT2D eigenvalue weighted by molar-refractivity contribution is 6.07. The summed E-state index contributed by atoms with van der Waals surface area (Å²) in [6.07, 6.45) is 0.773. The Kier molecular flexibility index (Phi) is 9.17. The second-order valence-electron chi connectivity index (χ2n) is 19.6. The molecule has 0 aromatic heterocycles. The Morgan fingerprint density at radius 3 is 2.06 bits per heavy atom. The van der Waals surface area contributed by atoms with Gasteiger partial charge in [-0.05, 0) is 130 Å². The van der Waals surface area contributed by atoms with E-state index in [1.165, 1.54) is 13.8 Å². The summed E-state index contributed by atoms with van der Waals surface area (Å²) in [6.45, 7) is 20.4. The normalized spacial score (nSPS) is 38.5. The van der Waals surface area contributed by atoms with Gasteiger partial charge in [0.2, 0.25) is 5.91 Å². The molecular weight excluding hydrogens is 647 g/mol. The zero-order valence-electron chi connectivity index (χ0n) is 32.1. The second-order valence-corrected chi connectivity index (χ2v) is 19.6. The maximum Gasteiger partial charge on any atom is 0.410 e. The minimum absolute atomic E-state index is 0.0694. The maximum atomic E-state index is 14.2. The van der Waals surface area contributed by atoms with E-state index in [9.17, 15) is 37.5 Å². The van der Waals surface area contributed by atoms with Crippen molar-refractivity contribution < 1.29 is 42.2 Å². The number of ether oxygens (including phenoxy) is 1. The van der Waals surface area contributed by atoms with Crippen molar-refractivity contribution in [2.75, 3.05) is 0 Å². The van der Waals surface area contributed by atoms with E-state index in [4.69, 9.17) is 4.74 Å². The predicted molar refractivity (Wildman–Crippen MR) is 184 cm³/mol. The number of hydrogen-bond donors (Lipinski definition) is 2. The third kappa shape index (κ3) is 5.49. The summed E-state index contributed by atoms with van der Waals surface area (Å²) in [5.41, 5.74) is -4.30. The van der Waals surface area contributed by atoms with Gasteiger partial charge in [-0.2, -0.15) is 13.2 Å². The first-order valence-electron chi connectivity index (χ1n) is 18.7. The van der Waals surface area contributed by atoms with Crippen molar-refractivity contribution in [2.24, 2.45) is 56.2 Å². The standard InChI is InChI=1S/C40H60F3NO6/c1-22(2)29-24(45)20-39(31(47)44-35(7,8)40(41,42)43)19-18-37(10)23(30(29)39)12-13-26-36(9)16-15-27(50-28(46)21-33(3,4)32(48)49)34(5,6)25(36)14-17-38(26,37)11/h22-23,25-27H,12-21H2,1-11H3,(H,44,47)(H,48,49)/t23?,25?,26?,27-,36-,37+,38+,39+/m0/s1. The molecule has 0 radical (unpaired) electrons. The van der Waals surface area contributed by atoms with Gasteiger partial charge in [0.05, 0.1) is 17.3 Å². The lowest BCUT2D eigenvalue weighted by molar-refractivity contribution is -0.233. The molecule has 0 saturated heterocycles. The SMILES string of the molecule is CC(C)C1=C2C3CCC4[C@@]5(C)CC[C@H](OC(=O)CC(C)(C)C(=O)O)C(C)(C)C5CC[C@@]4(C)[C@]3(C)CC[C@@]2(C(=O)NC(C)(C)C(F)(F)F)CC1=O. The highest BCUT2D eigenvalue weighted by atomic mass is 19.4. The van der Waals surface area contributed by atoms with Gasteiger partial charge in [0.15, 0.2) is 5.78 Å². The van der Waals surface area contributed by atoms with E-state index in [1.54, 1.807) is 0 Å². The van der Waals surface area contributed by atoms with Gasteiger partial charge >= 0.3 is 18.1 Å². The second kappa shape index (κ2) is 11.8. The summed E-state index contributed by atoms with van der Waals surface area (Å²) in [5, 5.41) is 11.9. The third-order valence-electron chi connectivity index (χ3n) is 15.4. The molecule has 7 nitrogen and oxygen atoms in total. The fourth-order valence-electron chi connectivity index (χ4n) is 12.2. The number of hydrogen-bond acceptors (Lipinski definition) is 5. The summed E-state index contributed by atoms with van der Waals surface area (Å²) in [5.74, 6) is -1.97. The lowest BCUT2D eigenvalue weighted by Crippen LogP contribution is -2.66. The van der Waals surface area contributed by atoms with Crippen LogP contribution in [-0.2, 0) is 23.9 Å². The van der Waals surface area contributed by atoms with Crippen LogP contribution in [0.5, 0.6) is 0 Å². The number of carbonyl (C=O) groups excluding carboxylic acids is 3. The van der Waals surface area contributed by atoms with E-state index >= 15 is 0 Å². The third-order valence-corrected chi connectivity index (χ3v) is 15.4. The van der Waals surface area contributed by atoms with Crippen LogP contribution in [0, 0.1) is 56.2 Å². The summed E-state index contributed by atoms with van der Waals surface area (Å²) < 4.78 is 48.1. The molecule has 0 aromatic carbocycles. The van der Waals surface area contributed by atoms with Crippen LogP contribution in [0.25, 0.3) is 0 Å². The number of aliphatic carboxylic acids is 1. The first-order valence-corrected chi connectivity index (χ1v) is 18.7. The summed E-state index contributed by atoms with van der Waals surface area (Å²) in [6, 6.07) is 0. The van der Waals surface area contributed by atoms with Crippen LogP contribution < -0.4 is 5.32 Å². The average Bonchev–Trinajstić information content (AvgIpc) is 3.27. The molecule has 5 aliphatic rings. The quantitative estimate of drug-likeness (QED) is 0.256. The molecule has 0 bridgehead atoms. The number of ketones is 1. The number of halogens is 3. The molecule has 5 aliphatic carbocycles. The van der Waals surface area contributed by atoms with Crippen molar-refractivity contribution in [3.8, 4) is 0 Å². The van der Waals surface area contributed by atoms with Crippen LogP contribution in [0.15, 0.2) is 11.1 Å². The van der Waals surface area contributed by atoms with E-state index in [-0.39, 0.29) is 64.1 Å². The molecule has 4 fully saturated rings. The van der Waals surface area contributed by atoms with Gasteiger partial charge in [0.25, 0.3) is 0 Å². The molecule has 10 heteroatoms. The molecule has 0 heterocycles. The molecule has 0 spiro atoms. The van der Waals surface area contributed by atoms with Crippen LogP contribution in [0.3, 0.4) is 0 Å². The molecule has 50 heavy (non-hydrogen) atoms. The number of Topliss-reactive ketones (excluding diaryl/α,β-unsaturated/α-hetero) is 1. The van der Waals surface area contributed by atoms with E-state index in [0.717, 1.165) is 51.5 Å². The molecule has 8 atom stereocenters. The fourth-order valence-corrected chi connectivity index (χ4v) is 12.2. The predicted octanol–water partition coefficient (Wildman–Crippen LogP) is 8.84. The van der Waals surface area contributed by atoms with Crippen LogP contribution in [-0.4, -0.2) is 46.6 Å². The zero-order valence-corrected chi connectivity index (χ0v) is 32.1. The maximum absolute atomic E-state index is 14.2. The average molecular weight is 708 g/mol. The zero-order chi connectivity index (χ0) is 37.8. The Balaban J connectivity index is 1.48. The van der Waals surface area contributed by atoms with Crippen molar-refractivity contribution in [1.29, 1.82) is 0 Å². The van der Waals surface area contributed by atoms with E-state index in [1.807, 2.05) is 13.8 Å². The number of alkyl halides is 3. The molecule has 4 saturated carbocycles. The summed E-state index contributed by atoms with van der Waals surface area (Å²) in [4.78, 5) is 52.7. The number of carboxylic acids is 1. The van der Waals surface area contributed by atoms with Crippen molar-refractivity contribution in [2.45, 2.75) is 158 Å². The van der Waals surface area contributed by atoms with E-state index < -0.39 is 40.4 Å². The Hall–Kier alpha value is -2.39. The lowest BCUT2D eigenvalue weighted by Gasteiger charge is -2.72. The molecule has 0 aromatic rings. The Bertz CT molecular complexity index is 1490. The molecular formula is C40H60F3NO6. The van der Waals surface area contributed by atoms with E-state index in [0.29, 0.717) is 30.8 Å². The minimum Gasteiger partial charge on any atom is -0.481 e. The highest BCUT2D eigenvalue weighted by Gasteiger charge is 2.71. The van der Waals surface area contributed by atoms with Gasteiger partial charge in [-0.15, -0.1) is 0 Å². The van der Waals surface area contributed by atoms with Crippen molar-refractivity contribution in [3.63, 3.8) is 0 Å². The number of carbonyl (C=O) groups is 4. The Labute approximate surface area is 296 Å². The number of esters is 1. The number of allylic oxidation sites excluding steroid dienone is 1. The Morgan fingerprint density at radius 2 is 1.50 bits per heavy atom. The van der Waals surface area contributed by atoms with Crippen molar-refractivity contribution in [3.05, 3.63) is 11.1 Å². The monoisotopic (exact) mass is 707 g/mol. The number of carboxylic acid groups (broad SMARTS) is 1. The van der Waals surface area contributed by atoms with Crippen LogP contribution in [0.1, 0.15) is 140 Å². The number of fused-ring (bicyclic) bond motifs is 7. The lowest BCUT2D eigenvalue weighted by atomic mass is 9.33. The van der Waals surface area contributed by atoms with Crippen LogP contribution in [0.2, 0.25) is 0 Å². The molecule has 1 amide bonds. The first kappa shape index (κ1) is 38.8. The summed E-state index contributed by atoms with van der Waals surface area (Å²) >= 11 is 0. The summed E-state index contributed by atoms with van der Waals surface area (Å²) in [7, 11) is 0. The molecule has 2 N–H and O–H groups in total. The molecule has 5 rings (SSSR count). The number of rotatable bonds is 7. The van der Waals surface area contributed by atoms with Gasteiger partial charge in [0.1, 0.15) is 11.6 Å². The van der Waals surface area contributed by atoms with Crippen molar-refractivity contribution in [1.82, 2.24) is 5.32 Å². The largest absolute Gasteiger partial charge is 0.481 e. The molecule has 0 aliphatic heterocycles. The van der Waals surface area contributed by atoms with Gasteiger partial charge in [-0.25, -0.2) is 0 Å². The van der Waals surface area contributed by atoms with E-state index in [2.05, 4.69) is 39.9 Å². The highest BCUT2D eigenvalue weighted by Crippen LogP contribution is 2.76. The number of nitrogens with one attached hydrogen (secondary N) is 1. The van der Waals surface area contributed by atoms with Gasteiger partial charge < -0.3 is 15.2 Å². The number of amides is 1. The van der Waals surface area contributed by atoms with Gasteiger partial charge in [-0.1, -0.05) is 48.5 Å². The smallest absolute Gasteiger partial charge is 0.410 e. The minimum atomic E-state index is -4.64. The molecule has 282 valence electrons. The topological polar surface area (TPSA) is 110 Å². The van der Waals surface area contributed by atoms with Gasteiger partial charge in [0, 0.05) is 11.8 Å². The fraction of sp³-hybridized carbons (Fsp3) is 0.850. The Morgan fingerprint density at radius 1 is 0.880 bits per heavy atom.